The van der Waals surface area contributed by atoms with Crippen LogP contribution in [-0.4, -0.2) is 9.97 Å². The minimum atomic E-state index is 0.146. The number of hydrogen-bond acceptors (Lipinski definition) is 3. The number of fused-ring (bicyclic) bond motifs is 3. The van der Waals surface area contributed by atoms with Crippen molar-refractivity contribution < 1.29 is 4.42 Å². The first-order chi connectivity index (χ1) is 14.4. The Morgan fingerprint density at radius 3 is 2.39 bits per heavy atom. The van der Waals surface area contributed by atoms with Gasteiger partial charge in [-0.25, -0.2) is 4.98 Å². The van der Waals surface area contributed by atoms with Crippen molar-refractivity contribution in [3.05, 3.63) is 59.4 Å². The lowest BCUT2D eigenvalue weighted by Gasteiger charge is -2.26. The largest absolute Gasteiger partial charge is 0.437 e. The minimum Gasteiger partial charge on any atom is -0.437 e. The van der Waals surface area contributed by atoms with E-state index in [4.69, 9.17) is 14.4 Å². The van der Waals surface area contributed by atoms with Crippen molar-refractivity contribution in [2.24, 2.45) is 10.8 Å². The number of hydrogen-bond donors (Lipinski definition) is 0. The maximum atomic E-state index is 6.36. The Morgan fingerprint density at radius 2 is 1.71 bits per heavy atom. The summed E-state index contributed by atoms with van der Waals surface area (Å²) in [6, 6.07) is 12.8. The molecule has 0 spiro atoms. The van der Waals surface area contributed by atoms with Gasteiger partial charge in [0.15, 0.2) is 0 Å². The number of furan rings is 1. The van der Waals surface area contributed by atoms with Crippen LogP contribution in [0.3, 0.4) is 0 Å². The second-order valence-corrected chi connectivity index (χ2v) is 11.2. The summed E-state index contributed by atoms with van der Waals surface area (Å²) < 4.78 is 6.36. The van der Waals surface area contributed by atoms with Crippen molar-refractivity contribution in [1.82, 2.24) is 9.97 Å². The van der Waals surface area contributed by atoms with E-state index in [1.165, 1.54) is 11.1 Å². The summed E-state index contributed by atoms with van der Waals surface area (Å²) in [5.41, 5.74) is 7.56. The molecule has 4 aromatic rings. The summed E-state index contributed by atoms with van der Waals surface area (Å²) in [4.78, 5) is 9.66. The Morgan fingerprint density at radius 1 is 0.968 bits per heavy atom. The first kappa shape index (κ1) is 21.5. The van der Waals surface area contributed by atoms with Crippen LogP contribution in [0, 0.1) is 17.8 Å². The fourth-order valence-electron chi connectivity index (χ4n) is 4.05. The second kappa shape index (κ2) is 7.47. The van der Waals surface area contributed by atoms with Crippen LogP contribution in [0.5, 0.6) is 0 Å². The molecular weight excluding hydrogens is 380 g/mol. The van der Waals surface area contributed by atoms with Crippen LogP contribution < -0.4 is 0 Å². The van der Waals surface area contributed by atoms with Gasteiger partial charge < -0.3 is 4.42 Å². The molecule has 31 heavy (non-hydrogen) atoms. The van der Waals surface area contributed by atoms with E-state index in [1.54, 1.807) is 0 Å². The molecule has 3 nitrogen and oxygen atoms in total. The van der Waals surface area contributed by atoms with Crippen LogP contribution in [0.4, 0.5) is 0 Å². The van der Waals surface area contributed by atoms with Gasteiger partial charge in [0.2, 0.25) is 5.71 Å². The van der Waals surface area contributed by atoms with Gasteiger partial charge in [-0.3, -0.25) is 4.98 Å². The zero-order valence-corrected chi connectivity index (χ0v) is 20.1. The highest BCUT2D eigenvalue weighted by Gasteiger charge is 2.24. The quantitative estimate of drug-likeness (QED) is 0.340. The lowest BCUT2D eigenvalue weighted by molar-refractivity contribution is 0.334. The Kier molecular flexibility index (Phi) is 5.20. The van der Waals surface area contributed by atoms with Crippen LogP contribution >= 0.6 is 0 Å². The molecule has 3 aromatic heterocycles. The van der Waals surface area contributed by atoms with E-state index in [-0.39, 0.29) is 10.8 Å². The number of rotatable bonds is 3. The molecule has 4 rings (SSSR count). The molecule has 162 valence electrons. The predicted molar refractivity (Wildman–Crippen MR) is 131 cm³/mol. The van der Waals surface area contributed by atoms with Crippen LogP contribution in [-0.2, 0) is 6.42 Å². The molecule has 1 atom stereocenters. The number of nitrogens with zero attached hydrogens (tertiary/aromatic N) is 2. The molecule has 0 aliphatic rings. The van der Waals surface area contributed by atoms with Crippen LogP contribution in [0.25, 0.3) is 33.3 Å². The van der Waals surface area contributed by atoms with E-state index < -0.39 is 0 Å². The maximum absolute atomic E-state index is 6.36. The van der Waals surface area contributed by atoms with Gasteiger partial charge in [-0.2, -0.15) is 0 Å². The predicted octanol–water partition coefficient (Wildman–Crippen LogP) is 8.09. The number of para-hydroxylation sites is 1. The Balaban J connectivity index is 1.86. The first-order valence-electron chi connectivity index (χ1n) is 11.2. The number of aromatic nitrogens is 2. The van der Waals surface area contributed by atoms with E-state index in [9.17, 15) is 0 Å². The van der Waals surface area contributed by atoms with Gasteiger partial charge in [0, 0.05) is 34.1 Å². The van der Waals surface area contributed by atoms with Gasteiger partial charge in [0.05, 0.1) is 5.69 Å². The molecule has 3 heteroatoms. The normalized spacial score (nSPS) is 13.8. The smallest absolute Gasteiger partial charge is 0.227 e. The molecule has 0 saturated heterocycles. The Hall–Kier alpha value is -2.68. The van der Waals surface area contributed by atoms with E-state index >= 15 is 0 Å². The number of aryl methyl sites for hydroxylation is 1. The van der Waals surface area contributed by atoms with E-state index in [2.05, 4.69) is 91.8 Å². The van der Waals surface area contributed by atoms with Gasteiger partial charge in [-0.15, -0.1) is 0 Å². The van der Waals surface area contributed by atoms with Crippen molar-refractivity contribution in [1.29, 1.82) is 0 Å². The standard InChI is InChI=1S/C28H34N2O/c1-17-16-29-24(14-19(17)15-27(3,4)5)22-11-9-10-20-21-12-13-23(18(2)28(6,7)8)30-26(21)31-25(20)22/h9-14,16,18H,15H2,1-8H3. The Bertz CT molecular complexity index is 1250. The summed E-state index contributed by atoms with van der Waals surface area (Å²) in [7, 11) is 0. The van der Waals surface area contributed by atoms with Crippen molar-refractivity contribution in [3.8, 4) is 11.3 Å². The third-order valence-corrected chi connectivity index (χ3v) is 6.34. The van der Waals surface area contributed by atoms with Crippen molar-refractivity contribution >= 4 is 22.1 Å². The molecule has 0 N–H and O–H groups in total. The zero-order chi connectivity index (χ0) is 22.6. The molecule has 0 radical (unpaired) electrons. The molecule has 0 aliphatic carbocycles. The fourth-order valence-corrected chi connectivity index (χ4v) is 4.05. The van der Waals surface area contributed by atoms with Crippen molar-refractivity contribution in [3.63, 3.8) is 0 Å². The van der Waals surface area contributed by atoms with Gasteiger partial charge >= 0.3 is 0 Å². The summed E-state index contributed by atoms with van der Waals surface area (Å²) in [6.07, 6.45) is 3.00. The van der Waals surface area contributed by atoms with Gasteiger partial charge in [0.25, 0.3) is 0 Å². The highest BCUT2D eigenvalue weighted by Crippen LogP contribution is 2.38. The lowest BCUT2D eigenvalue weighted by atomic mass is 9.80. The Labute approximate surface area is 185 Å². The first-order valence-corrected chi connectivity index (χ1v) is 11.2. The molecule has 3 heterocycles. The second-order valence-electron chi connectivity index (χ2n) is 11.2. The summed E-state index contributed by atoms with van der Waals surface area (Å²) in [6.45, 7) is 17.9. The highest BCUT2D eigenvalue weighted by molar-refractivity contribution is 6.08. The average molecular weight is 415 g/mol. The maximum Gasteiger partial charge on any atom is 0.227 e. The SMILES string of the molecule is Cc1cnc(-c2cccc3c2oc2nc(C(C)C(C)(C)C)ccc23)cc1CC(C)(C)C. The molecule has 0 fully saturated rings. The third kappa shape index (κ3) is 4.23. The minimum absolute atomic E-state index is 0.146. The van der Waals surface area contributed by atoms with Crippen LogP contribution in [0.2, 0.25) is 0 Å². The summed E-state index contributed by atoms with van der Waals surface area (Å²) in [5, 5.41) is 2.15. The molecule has 0 aliphatic heterocycles. The van der Waals surface area contributed by atoms with Crippen molar-refractivity contribution in [2.75, 3.05) is 0 Å². The van der Waals surface area contributed by atoms with E-state index in [1.807, 2.05) is 6.20 Å². The molecule has 1 aromatic carbocycles. The van der Waals surface area contributed by atoms with E-state index in [0.29, 0.717) is 11.6 Å². The van der Waals surface area contributed by atoms with Crippen molar-refractivity contribution in [2.45, 2.75) is 67.7 Å². The fraction of sp³-hybridized carbons (Fsp3) is 0.429. The third-order valence-electron chi connectivity index (χ3n) is 6.34. The summed E-state index contributed by atoms with van der Waals surface area (Å²) >= 11 is 0. The zero-order valence-electron chi connectivity index (χ0n) is 20.1. The average Bonchev–Trinajstić information content (AvgIpc) is 3.05. The molecule has 0 saturated carbocycles. The molecule has 1 unspecified atom stereocenters. The molecule has 0 bridgehead atoms. The van der Waals surface area contributed by atoms with Gasteiger partial charge in [0.1, 0.15) is 5.58 Å². The highest BCUT2D eigenvalue weighted by atomic mass is 16.3. The number of benzene rings is 1. The number of pyridine rings is 2. The van der Waals surface area contributed by atoms with Crippen LogP contribution in [0.1, 0.15) is 71.2 Å². The topological polar surface area (TPSA) is 38.9 Å². The van der Waals surface area contributed by atoms with Gasteiger partial charge in [-0.1, -0.05) is 60.6 Å². The summed E-state index contributed by atoms with van der Waals surface area (Å²) in [5.74, 6) is 0.336. The molecule has 0 amide bonds. The monoisotopic (exact) mass is 414 g/mol. The van der Waals surface area contributed by atoms with E-state index in [0.717, 1.165) is 39.7 Å². The van der Waals surface area contributed by atoms with Gasteiger partial charge in [-0.05, 0) is 59.6 Å². The lowest BCUT2D eigenvalue weighted by Crippen LogP contribution is -2.16. The molecular formula is C28H34N2O. The van der Waals surface area contributed by atoms with Crippen LogP contribution in [0.15, 0.2) is 47.0 Å².